The molecule has 2 aromatic rings. The zero-order valence-corrected chi connectivity index (χ0v) is 43.8. The van der Waals surface area contributed by atoms with Crippen molar-refractivity contribution < 1.29 is 49.0 Å². The van der Waals surface area contributed by atoms with Crippen molar-refractivity contribution >= 4 is 34.2 Å². The second-order valence-corrected chi connectivity index (χ2v) is 21.7. The molecule has 7 atom stereocenters. The number of benzene rings is 2. The number of piperidine rings is 1. The molecule has 1 spiro atoms. The van der Waals surface area contributed by atoms with Crippen molar-refractivity contribution in [2.45, 2.75) is 150 Å². The number of amides is 2. The standard InChI is InChI=1S/C54H76N6O9.CH4O/c1-31(2)30-58-22-20-54(21-23-58)56-42-39-40-46(62)37(8)49-41(39)50(64)53(9,69-49)67-28-14-17-33(4)48(68-52(66)60-26-24-59(25-27-60)38-18-11-10-12-19-38)36(7)45(61)35(6)29-32(3)15-13-16-34(5)51(65)55-44(47(40)63)43(42)57-54;1-2/h13-16,28,31-33,35-36,38,45,48,61-63H,10-12,17-27,29-30H2,1-9H3,(H,55,65);2H,1H3/b15-13+,28-14+,34-16-;/t32?,33-,35-,36-,45?,48?,53?;/m1./s1. The van der Waals surface area contributed by atoms with Crippen LogP contribution in [0.5, 0.6) is 17.2 Å². The maximum Gasteiger partial charge on any atom is 0.410 e. The number of ketones is 1. The van der Waals surface area contributed by atoms with Crippen LogP contribution in [-0.2, 0) is 14.3 Å². The number of aliphatic hydroxyl groups excluding tert-OH is 2. The number of fused-ring (bicyclic) bond motifs is 13. The quantitative estimate of drug-likeness (QED) is 0.192. The first-order chi connectivity index (χ1) is 33.8. The summed E-state index contributed by atoms with van der Waals surface area (Å²) in [6.45, 7) is 22.3. The Balaban J connectivity index is 0.00000366. The molecule has 5 bridgehead atoms. The van der Waals surface area contributed by atoms with Crippen LogP contribution in [0.3, 0.4) is 0 Å². The highest BCUT2D eigenvalue weighted by Crippen LogP contribution is 2.50. The summed E-state index contributed by atoms with van der Waals surface area (Å²) in [7, 11) is 1.00. The van der Waals surface area contributed by atoms with E-state index in [0.29, 0.717) is 56.3 Å². The Morgan fingerprint density at radius 2 is 1.58 bits per heavy atom. The van der Waals surface area contributed by atoms with E-state index in [9.17, 15) is 29.7 Å². The van der Waals surface area contributed by atoms with Gasteiger partial charge in [-0.3, -0.25) is 24.5 Å². The Morgan fingerprint density at radius 1 is 0.915 bits per heavy atom. The van der Waals surface area contributed by atoms with Crippen molar-refractivity contribution in [3.05, 3.63) is 58.0 Å². The molecule has 3 fully saturated rings. The second kappa shape index (κ2) is 22.4. The first-order valence-electron chi connectivity index (χ1n) is 26.1. The van der Waals surface area contributed by atoms with Crippen LogP contribution in [0, 0.1) is 36.5 Å². The molecule has 0 aromatic heterocycles. The van der Waals surface area contributed by atoms with Crippen LogP contribution in [0.2, 0.25) is 0 Å². The number of nitrogens with one attached hydrogen (secondary N) is 1. The molecule has 0 radical (unpaired) electrons. The molecule has 71 heavy (non-hydrogen) atoms. The first-order valence-corrected chi connectivity index (χ1v) is 26.1. The number of Topliss-reactive ketones (excluding diaryl/α,β-unsaturated/α-hetero) is 1. The Kier molecular flexibility index (Phi) is 17.0. The normalized spacial score (nSPS) is 30.5. The summed E-state index contributed by atoms with van der Waals surface area (Å²) in [4.78, 5) is 60.0. The van der Waals surface area contributed by atoms with Crippen LogP contribution >= 0.6 is 0 Å². The molecule has 1 aliphatic carbocycles. The molecule has 6 aliphatic heterocycles. The Labute approximate surface area is 419 Å². The fourth-order valence-electron chi connectivity index (χ4n) is 11.7. The van der Waals surface area contributed by atoms with Crippen molar-refractivity contribution in [2.75, 3.05) is 58.2 Å². The van der Waals surface area contributed by atoms with E-state index in [0.717, 1.165) is 39.8 Å². The van der Waals surface area contributed by atoms with Gasteiger partial charge in [-0.1, -0.05) is 79.0 Å². The number of piperazine rings is 1. The average molecular weight is 985 g/mol. The summed E-state index contributed by atoms with van der Waals surface area (Å²) in [6.07, 6.45) is 15.2. The second-order valence-electron chi connectivity index (χ2n) is 21.7. The monoisotopic (exact) mass is 985 g/mol. The van der Waals surface area contributed by atoms with E-state index < -0.39 is 47.0 Å². The van der Waals surface area contributed by atoms with E-state index in [1.165, 1.54) is 45.3 Å². The molecule has 2 amide bonds. The van der Waals surface area contributed by atoms with Crippen molar-refractivity contribution in [3.63, 3.8) is 0 Å². The van der Waals surface area contributed by atoms with Gasteiger partial charge in [-0.2, -0.15) is 0 Å². The highest BCUT2D eigenvalue weighted by Gasteiger charge is 2.50. The van der Waals surface area contributed by atoms with Gasteiger partial charge in [-0.05, 0) is 69.3 Å². The van der Waals surface area contributed by atoms with E-state index in [-0.39, 0.29) is 73.6 Å². The fraction of sp³-hybridized carbons (Fsp3) is 0.655. The molecule has 1 saturated carbocycles. The molecule has 2 saturated heterocycles. The number of phenols is 2. The Bertz CT molecular complexity index is 2520. The maximum absolute atomic E-state index is 14.8. The fourth-order valence-corrected chi connectivity index (χ4v) is 11.7. The highest BCUT2D eigenvalue weighted by molar-refractivity contribution is 6.19. The summed E-state index contributed by atoms with van der Waals surface area (Å²) in [5.74, 6) is -3.93. The van der Waals surface area contributed by atoms with Gasteiger partial charge >= 0.3 is 11.9 Å². The molecule has 390 valence electrons. The Hall–Kier alpha value is -5.03. The number of rotatable bonds is 4. The number of aliphatic hydroxyl groups is 2. The van der Waals surface area contributed by atoms with Crippen molar-refractivity contribution in [2.24, 2.45) is 39.6 Å². The van der Waals surface area contributed by atoms with Crippen molar-refractivity contribution in [1.29, 1.82) is 0 Å². The minimum atomic E-state index is -1.87. The highest BCUT2D eigenvalue weighted by atomic mass is 16.7. The maximum atomic E-state index is 14.8. The van der Waals surface area contributed by atoms with Gasteiger partial charge in [0, 0.05) is 101 Å². The summed E-state index contributed by atoms with van der Waals surface area (Å²) >= 11 is 0. The molecule has 7 aliphatic rings. The molecular weight excluding hydrogens is 905 g/mol. The van der Waals surface area contributed by atoms with Gasteiger partial charge in [0.2, 0.25) is 0 Å². The number of aromatic hydroxyl groups is 2. The van der Waals surface area contributed by atoms with Crippen LogP contribution in [0.15, 0.2) is 46.1 Å². The zero-order valence-electron chi connectivity index (χ0n) is 43.8. The SMILES string of the molecule is C/C1=C/C=C/C(C)C[C@@H](C)C(O)[C@@H](C)C(OC(=O)N2CCN(C3CCCCC3)CC2)[C@H](C)C/C=C/OC2(C)Oc3c(C)c(O)c4c(O)c(c5c(c4c3C2=O)=NC2(CCN(CC(C)C)CC2)N=5)NC1=O.CO. The summed E-state index contributed by atoms with van der Waals surface area (Å²) in [5, 5.41) is 46.6. The van der Waals surface area contributed by atoms with Crippen LogP contribution in [0.25, 0.3) is 10.8 Å². The number of nitrogens with zero attached hydrogens (tertiary/aromatic N) is 5. The van der Waals surface area contributed by atoms with Crippen molar-refractivity contribution in [3.8, 4) is 17.2 Å². The van der Waals surface area contributed by atoms with Gasteiger partial charge in [0.1, 0.15) is 28.6 Å². The van der Waals surface area contributed by atoms with E-state index in [1.807, 2.05) is 32.9 Å². The molecule has 9 rings (SSSR count). The summed E-state index contributed by atoms with van der Waals surface area (Å²) < 4.78 is 19.0. The van der Waals surface area contributed by atoms with Crippen LogP contribution in [0.4, 0.5) is 10.5 Å². The van der Waals surface area contributed by atoms with E-state index in [4.69, 9.17) is 29.3 Å². The number of anilines is 1. The average Bonchev–Trinajstić information content (AvgIpc) is 3.86. The molecule has 6 heterocycles. The van der Waals surface area contributed by atoms with Crippen LogP contribution in [-0.4, -0.2) is 136 Å². The number of hydrogen-bond acceptors (Lipinski definition) is 14. The molecule has 16 nitrogen and oxygen atoms in total. The predicted octanol–water partition coefficient (Wildman–Crippen LogP) is 7.29. The molecular formula is C55H80N6O10. The lowest BCUT2D eigenvalue weighted by molar-refractivity contribution is -0.112. The van der Waals surface area contributed by atoms with Gasteiger partial charge in [0.05, 0.1) is 28.7 Å². The number of hydrogen-bond donors (Lipinski definition) is 5. The third-order valence-corrected chi connectivity index (χ3v) is 15.8. The number of ether oxygens (including phenoxy) is 3. The van der Waals surface area contributed by atoms with Crippen LogP contribution in [0.1, 0.15) is 129 Å². The number of carbonyl (C=O) groups excluding carboxylic acids is 3. The predicted molar refractivity (Wildman–Crippen MR) is 273 cm³/mol. The third kappa shape index (κ3) is 11.2. The van der Waals surface area contributed by atoms with Gasteiger partial charge in [0.15, 0.2) is 11.4 Å². The topological polar surface area (TPSA) is 206 Å². The lowest BCUT2D eigenvalue weighted by Crippen LogP contribution is -2.53. The molecule has 5 N–H and O–H groups in total. The largest absolute Gasteiger partial charge is 0.507 e. The van der Waals surface area contributed by atoms with E-state index in [2.05, 4.69) is 35.9 Å². The minimum absolute atomic E-state index is 0.00233. The van der Waals surface area contributed by atoms with Gasteiger partial charge < -0.3 is 49.8 Å². The minimum Gasteiger partial charge on any atom is -0.507 e. The van der Waals surface area contributed by atoms with Gasteiger partial charge in [0.25, 0.3) is 11.7 Å². The lowest BCUT2D eigenvalue weighted by Gasteiger charge is -2.41. The smallest absolute Gasteiger partial charge is 0.410 e. The molecule has 4 unspecified atom stereocenters. The van der Waals surface area contributed by atoms with E-state index in [1.54, 1.807) is 30.9 Å². The lowest BCUT2D eigenvalue weighted by atomic mass is 9.80. The van der Waals surface area contributed by atoms with Gasteiger partial charge in [-0.25, -0.2) is 4.79 Å². The number of allylic oxidation sites excluding steroid dienone is 4. The first kappa shape index (κ1) is 53.8. The Morgan fingerprint density at radius 3 is 2.24 bits per heavy atom. The third-order valence-electron chi connectivity index (χ3n) is 15.8. The zero-order chi connectivity index (χ0) is 51.5. The van der Waals surface area contributed by atoms with E-state index >= 15 is 0 Å². The summed E-state index contributed by atoms with van der Waals surface area (Å²) in [6, 6.07) is 0.578. The molecule has 16 heteroatoms. The van der Waals surface area contributed by atoms with Crippen molar-refractivity contribution in [1.82, 2.24) is 14.7 Å². The van der Waals surface area contributed by atoms with Gasteiger partial charge in [-0.15, -0.1) is 0 Å². The van der Waals surface area contributed by atoms with Crippen LogP contribution < -0.4 is 20.8 Å². The number of phenolic OH excluding ortho intramolecular Hbond substituents is 2. The molecule has 2 aromatic carbocycles. The number of carbonyl (C=O) groups is 3. The number of likely N-dealkylation sites (tertiary alicyclic amines) is 1. The summed E-state index contributed by atoms with van der Waals surface area (Å²) in [5.41, 5.74) is -0.269.